The van der Waals surface area contributed by atoms with E-state index in [9.17, 15) is 31.9 Å². The number of nitrogen functional groups attached to an aromatic ring is 1. The molecule has 0 aliphatic rings. The molecule has 0 aliphatic heterocycles. The number of carbonyl (C=O) groups excluding carboxylic acids is 1. The Morgan fingerprint density at radius 3 is 2.45 bits per heavy atom. The third kappa shape index (κ3) is 5.00. The molecule has 0 aliphatic carbocycles. The zero-order chi connectivity index (χ0) is 28.8. The van der Waals surface area contributed by atoms with Crippen molar-refractivity contribution < 1.29 is 31.9 Å². The quantitative estimate of drug-likeness (QED) is 0.207. The monoisotopic (exact) mass is 550 g/mol. The second-order valence-electron chi connectivity index (χ2n) is 9.00. The first-order chi connectivity index (χ1) is 18.9. The van der Waals surface area contributed by atoms with Crippen LogP contribution in [0.1, 0.15) is 21.5 Å². The topological polar surface area (TPSA) is 101 Å². The first-order valence-electron chi connectivity index (χ1n) is 11.8. The number of anilines is 2. The SMILES string of the molecule is Cc1ccc(C(=O)Nc2cccc(C(F)(F)F)c2)cc1-c1cc2cnc(N)nc2c(-c2ccc(F)cc2F)c1O. The van der Waals surface area contributed by atoms with Crippen LogP contribution in [0.4, 0.5) is 33.6 Å². The molecule has 1 heterocycles. The smallest absolute Gasteiger partial charge is 0.416 e. The molecule has 6 nitrogen and oxygen atoms in total. The predicted molar refractivity (Wildman–Crippen MR) is 141 cm³/mol. The van der Waals surface area contributed by atoms with Crippen molar-refractivity contribution in [1.29, 1.82) is 0 Å². The van der Waals surface area contributed by atoms with E-state index in [0.717, 1.165) is 24.3 Å². The van der Waals surface area contributed by atoms with E-state index in [0.29, 0.717) is 22.6 Å². The maximum Gasteiger partial charge on any atom is 0.416 e. The number of amides is 1. The summed E-state index contributed by atoms with van der Waals surface area (Å²) in [5, 5.41) is 14.2. The largest absolute Gasteiger partial charge is 0.507 e. The number of rotatable bonds is 4. The molecule has 5 rings (SSSR count). The molecule has 202 valence electrons. The van der Waals surface area contributed by atoms with Crippen LogP contribution >= 0.6 is 0 Å². The summed E-state index contributed by atoms with van der Waals surface area (Å²) >= 11 is 0. The van der Waals surface area contributed by atoms with Crippen LogP contribution in [0, 0.1) is 18.6 Å². The van der Waals surface area contributed by atoms with Crippen molar-refractivity contribution in [3.05, 3.63) is 101 Å². The van der Waals surface area contributed by atoms with Gasteiger partial charge in [0.05, 0.1) is 16.6 Å². The van der Waals surface area contributed by atoms with Crippen molar-refractivity contribution in [1.82, 2.24) is 9.97 Å². The summed E-state index contributed by atoms with van der Waals surface area (Å²) in [5.41, 5.74) is 5.95. The van der Waals surface area contributed by atoms with E-state index in [1.165, 1.54) is 36.5 Å². The average molecular weight is 550 g/mol. The molecule has 5 aromatic rings. The number of nitrogens with zero attached hydrogens (tertiary/aromatic N) is 2. The number of aromatic hydroxyl groups is 1. The highest BCUT2D eigenvalue weighted by Crippen LogP contribution is 2.44. The number of halogens is 5. The Hall–Kier alpha value is -5.06. The standard InChI is InChI=1S/C29H19F5N4O2/c1-14-5-6-15(27(40)37-19-4-2-3-17(11-19)29(32,33)34)9-21(14)22-10-16-13-36-28(35)38-25(16)24(26(22)39)20-8-7-18(30)12-23(20)31/h2-13,39H,1H3,(H,37,40)(H2,35,36,38). The molecule has 0 saturated heterocycles. The number of nitrogens with one attached hydrogen (secondary N) is 1. The third-order valence-electron chi connectivity index (χ3n) is 6.30. The summed E-state index contributed by atoms with van der Waals surface area (Å²) in [5.74, 6) is -2.99. The number of hydrogen-bond acceptors (Lipinski definition) is 5. The lowest BCUT2D eigenvalue weighted by Crippen LogP contribution is -2.13. The zero-order valence-corrected chi connectivity index (χ0v) is 20.6. The number of benzene rings is 4. The zero-order valence-electron chi connectivity index (χ0n) is 20.6. The summed E-state index contributed by atoms with van der Waals surface area (Å²) in [7, 11) is 0. The molecule has 0 saturated carbocycles. The second-order valence-corrected chi connectivity index (χ2v) is 9.00. The Labute approximate surface area is 223 Å². The molecule has 4 aromatic carbocycles. The van der Waals surface area contributed by atoms with E-state index in [-0.39, 0.29) is 39.4 Å². The molecule has 11 heteroatoms. The fraction of sp³-hybridized carbons (Fsp3) is 0.0690. The molecular weight excluding hydrogens is 531 g/mol. The van der Waals surface area contributed by atoms with Gasteiger partial charge in [0.1, 0.15) is 17.4 Å². The maximum atomic E-state index is 14.9. The van der Waals surface area contributed by atoms with Crippen LogP contribution in [0.2, 0.25) is 0 Å². The number of aryl methyl sites for hydroxylation is 1. The molecule has 0 bridgehead atoms. The number of phenolic OH excluding ortho intramolecular Hbond substituents is 1. The number of alkyl halides is 3. The van der Waals surface area contributed by atoms with Gasteiger partial charge in [0.15, 0.2) is 0 Å². The van der Waals surface area contributed by atoms with Crippen LogP contribution in [0.3, 0.4) is 0 Å². The van der Waals surface area contributed by atoms with E-state index >= 15 is 0 Å². The van der Waals surface area contributed by atoms with E-state index in [1.807, 2.05) is 0 Å². The molecule has 0 radical (unpaired) electrons. The Kier molecular flexibility index (Phi) is 6.58. The summed E-state index contributed by atoms with van der Waals surface area (Å²) in [6, 6.07) is 13.1. The Morgan fingerprint density at radius 2 is 1.73 bits per heavy atom. The number of nitrogens with two attached hydrogens (primary N) is 1. The highest BCUT2D eigenvalue weighted by molar-refractivity contribution is 6.06. The fourth-order valence-corrected chi connectivity index (χ4v) is 4.36. The Morgan fingerprint density at radius 1 is 0.950 bits per heavy atom. The summed E-state index contributed by atoms with van der Waals surface area (Å²) in [6.45, 7) is 1.71. The summed E-state index contributed by atoms with van der Waals surface area (Å²) in [6.07, 6.45) is -3.20. The number of aromatic nitrogens is 2. The van der Waals surface area contributed by atoms with Gasteiger partial charge < -0.3 is 16.2 Å². The number of phenols is 1. The number of fused-ring (bicyclic) bond motifs is 1. The maximum absolute atomic E-state index is 14.9. The predicted octanol–water partition coefficient (Wildman–Crippen LogP) is 7.11. The molecule has 1 amide bonds. The Bertz CT molecular complexity index is 1800. The van der Waals surface area contributed by atoms with Gasteiger partial charge in [-0.1, -0.05) is 12.1 Å². The van der Waals surface area contributed by atoms with Gasteiger partial charge in [0, 0.05) is 40.0 Å². The fourth-order valence-electron chi connectivity index (χ4n) is 4.36. The molecular formula is C29H19F5N4O2. The van der Waals surface area contributed by atoms with Gasteiger partial charge in [0.2, 0.25) is 5.95 Å². The number of carbonyl (C=O) groups is 1. The van der Waals surface area contributed by atoms with Crippen molar-refractivity contribution >= 4 is 28.4 Å². The molecule has 0 atom stereocenters. The second kappa shape index (κ2) is 9.92. The average Bonchev–Trinajstić information content (AvgIpc) is 2.89. The van der Waals surface area contributed by atoms with E-state index in [1.54, 1.807) is 13.0 Å². The lowest BCUT2D eigenvalue weighted by molar-refractivity contribution is -0.137. The van der Waals surface area contributed by atoms with Crippen LogP contribution in [0.15, 0.2) is 72.9 Å². The van der Waals surface area contributed by atoms with Crippen LogP contribution in [-0.2, 0) is 6.18 Å². The summed E-state index contributed by atoms with van der Waals surface area (Å²) < 4.78 is 67.8. The van der Waals surface area contributed by atoms with E-state index in [4.69, 9.17) is 5.73 Å². The van der Waals surface area contributed by atoms with Gasteiger partial charge in [-0.05, 0) is 66.6 Å². The van der Waals surface area contributed by atoms with Crippen molar-refractivity contribution in [2.75, 3.05) is 11.1 Å². The van der Waals surface area contributed by atoms with Crippen LogP contribution in [-0.4, -0.2) is 21.0 Å². The van der Waals surface area contributed by atoms with Gasteiger partial charge >= 0.3 is 6.18 Å². The normalized spacial score (nSPS) is 11.6. The van der Waals surface area contributed by atoms with Crippen LogP contribution in [0.5, 0.6) is 5.75 Å². The minimum Gasteiger partial charge on any atom is -0.507 e. The summed E-state index contributed by atoms with van der Waals surface area (Å²) in [4.78, 5) is 21.1. The van der Waals surface area contributed by atoms with Crippen molar-refractivity contribution in [3.8, 4) is 28.0 Å². The highest BCUT2D eigenvalue weighted by Gasteiger charge is 2.30. The van der Waals surface area contributed by atoms with Gasteiger partial charge in [-0.15, -0.1) is 0 Å². The van der Waals surface area contributed by atoms with Crippen molar-refractivity contribution in [2.45, 2.75) is 13.1 Å². The Balaban J connectivity index is 1.63. The molecule has 0 fully saturated rings. The van der Waals surface area contributed by atoms with Gasteiger partial charge in [0.25, 0.3) is 5.91 Å². The van der Waals surface area contributed by atoms with E-state index < -0.39 is 35.0 Å². The lowest BCUT2D eigenvalue weighted by Gasteiger charge is -2.17. The number of hydrogen-bond donors (Lipinski definition) is 3. The third-order valence-corrected chi connectivity index (χ3v) is 6.30. The molecule has 0 unspecified atom stereocenters. The van der Waals surface area contributed by atoms with Crippen molar-refractivity contribution in [3.63, 3.8) is 0 Å². The van der Waals surface area contributed by atoms with Crippen LogP contribution in [0.25, 0.3) is 33.2 Å². The van der Waals surface area contributed by atoms with E-state index in [2.05, 4.69) is 15.3 Å². The molecule has 40 heavy (non-hydrogen) atoms. The minimum absolute atomic E-state index is 0.0562. The van der Waals surface area contributed by atoms with Gasteiger partial charge in [-0.25, -0.2) is 18.7 Å². The van der Waals surface area contributed by atoms with Gasteiger partial charge in [-0.3, -0.25) is 4.79 Å². The molecule has 4 N–H and O–H groups in total. The molecule has 1 aromatic heterocycles. The van der Waals surface area contributed by atoms with Crippen LogP contribution < -0.4 is 11.1 Å². The first-order valence-corrected chi connectivity index (χ1v) is 11.8. The van der Waals surface area contributed by atoms with Gasteiger partial charge in [-0.2, -0.15) is 13.2 Å². The first kappa shape index (κ1) is 26.5. The highest BCUT2D eigenvalue weighted by atomic mass is 19.4. The molecule has 0 spiro atoms. The van der Waals surface area contributed by atoms with Crippen molar-refractivity contribution in [2.24, 2.45) is 0 Å². The minimum atomic E-state index is -4.58. The lowest BCUT2D eigenvalue weighted by atomic mass is 9.91.